The zero-order chi connectivity index (χ0) is 25.1. The third-order valence-corrected chi connectivity index (χ3v) is 5.23. The fourth-order valence-corrected chi connectivity index (χ4v) is 3.51. The van der Waals surface area contributed by atoms with Crippen LogP contribution in [0.15, 0.2) is 77.6 Å². The molecule has 0 saturated heterocycles. The maximum Gasteiger partial charge on any atom is 0.270 e. The third kappa shape index (κ3) is 4.76. The Hall–Kier alpha value is -4.86. The predicted molar refractivity (Wildman–Crippen MR) is 128 cm³/mol. The van der Waals surface area contributed by atoms with E-state index >= 15 is 0 Å². The minimum atomic E-state index is -0.696. The van der Waals surface area contributed by atoms with E-state index in [1.807, 2.05) is 0 Å². The molecule has 35 heavy (non-hydrogen) atoms. The van der Waals surface area contributed by atoms with Gasteiger partial charge in [-0.3, -0.25) is 19.7 Å². The summed E-state index contributed by atoms with van der Waals surface area (Å²) in [6.45, 7) is 1.53. The normalized spacial score (nSPS) is 10.6. The molecule has 4 aromatic rings. The topological polar surface area (TPSA) is 116 Å². The first-order valence-electron chi connectivity index (χ1n) is 10.4. The number of aromatic nitrogens is 2. The number of nitrogens with zero attached hydrogens (tertiary/aromatic N) is 3. The highest BCUT2D eigenvalue weighted by Crippen LogP contribution is 2.30. The van der Waals surface area contributed by atoms with Crippen molar-refractivity contribution in [2.75, 3.05) is 12.4 Å². The number of hydrogen-bond acceptors (Lipinski definition) is 6. The van der Waals surface area contributed by atoms with Crippen LogP contribution in [0.1, 0.15) is 16.1 Å². The summed E-state index contributed by atoms with van der Waals surface area (Å²) in [5, 5.41) is 18.2. The molecule has 0 fully saturated rings. The number of anilines is 1. The molecule has 4 rings (SSSR count). The molecule has 176 valence electrons. The SMILES string of the molecule is COc1cccc(-c2c(NC(=O)c3cccc([N+](=O)[O-])c3)n(-c3ccc(F)cc3)nc(C)c2=O)c1. The summed E-state index contributed by atoms with van der Waals surface area (Å²) in [6.07, 6.45) is 0. The Labute approximate surface area is 198 Å². The average Bonchev–Trinajstić information content (AvgIpc) is 2.87. The second-order valence-corrected chi connectivity index (χ2v) is 7.52. The fourth-order valence-electron chi connectivity index (χ4n) is 3.51. The van der Waals surface area contributed by atoms with E-state index in [-0.39, 0.29) is 28.3 Å². The van der Waals surface area contributed by atoms with E-state index in [1.54, 1.807) is 24.3 Å². The summed E-state index contributed by atoms with van der Waals surface area (Å²) >= 11 is 0. The fraction of sp³-hybridized carbons (Fsp3) is 0.0800. The van der Waals surface area contributed by atoms with Gasteiger partial charge in [-0.1, -0.05) is 18.2 Å². The summed E-state index contributed by atoms with van der Waals surface area (Å²) in [7, 11) is 1.48. The number of amides is 1. The molecule has 9 nitrogen and oxygen atoms in total. The smallest absolute Gasteiger partial charge is 0.270 e. The third-order valence-electron chi connectivity index (χ3n) is 5.23. The van der Waals surface area contributed by atoms with Crippen LogP contribution in [-0.2, 0) is 0 Å². The van der Waals surface area contributed by atoms with Crippen molar-refractivity contribution in [1.82, 2.24) is 9.78 Å². The lowest BCUT2D eigenvalue weighted by atomic mass is 10.0. The predicted octanol–water partition coefficient (Wildman–Crippen LogP) is 4.52. The Morgan fingerprint density at radius 2 is 1.80 bits per heavy atom. The van der Waals surface area contributed by atoms with Gasteiger partial charge in [-0.05, 0) is 55.0 Å². The highest BCUT2D eigenvalue weighted by Gasteiger charge is 2.22. The zero-order valence-corrected chi connectivity index (χ0v) is 18.7. The molecule has 0 unspecified atom stereocenters. The summed E-state index contributed by atoms with van der Waals surface area (Å²) in [6, 6.07) is 17.2. The van der Waals surface area contributed by atoms with E-state index in [0.717, 1.165) is 6.07 Å². The highest BCUT2D eigenvalue weighted by atomic mass is 19.1. The van der Waals surface area contributed by atoms with Crippen LogP contribution in [0.4, 0.5) is 15.9 Å². The molecule has 1 heterocycles. The maximum absolute atomic E-state index is 13.6. The number of ether oxygens (including phenoxy) is 1. The van der Waals surface area contributed by atoms with Gasteiger partial charge in [0.05, 0.1) is 23.3 Å². The van der Waals surface area contributed by atoms with E-state index in [1.165, 1.54) is 61.2 Å². The Morgan fingerprint density at radius 3 is 2.49 bits per heavy atom. The molecular formula is C25H19FN4O5. The molecule has 0 spiro atoms. The summed E-state index contributed by atoms with van der Waals surface area (Å²) in [4.78, 5) is 37.0. The van der Waals surface area contributed by atoms with Crippen LogP contribution in [0.25, 0.3) is 16.8 Å². The van der Waals surface area contributed by atoms with Gasteiger partial charge in [-0.2, -0.15) is 5.10 Å². The molecular weight excluding hydrogens is 455 g/mol. The molecule has 1 aromatic heterocycles. The van der Waals surface area contributed by atoms with Crippen LogP contribution in [0.5, 0.6) is 5.75 Å². The van der Waals surface area contributed by atoms with Crippen molar-refractivity contribution >= 4 is 17.4 Å². The lowest BCUT2D eigenvalue weighted by molar-refractivity contribution is -0.384. The summed E-state index contributed by atoms with van der Waals surface area (Å²) in [5.74, 6) is -0.668. The quantitative estimate of drug-likeness (QED) is 0.325. The van der Waals surface area contributed by atoms with E-state index in [4.69, 9.17) is 4.74 Å². The molecule has 0 bridgehead atoms. The van der Waals surface area contributed by atoms with Crippen molar-refractivity contribution in [2.45, 2.75) is 6.92 Å². The first kappa shape index (κ1) is 23.3. The van der Waals surface area contributed by atoms with Crippen molar-refractivity contribution in [3.05, 3.63) is 110 Å². The van der Waals surface area contributed by atoms with Crippen molar-refractivity contribution in [2.24, 2.45) is 0 Å². The molecule has 0 aliphatic rings. The van der Waals surface area contributed by atoms with Gasteiger partial charge in [0.1, 0.15) is 23.1 Å². The van der Waals surface area contributed by atoms with Crippen LogP contribution in [-0.4, -0.2) is 27.7 Å². The first-order valence-corrected chi connectivity index (χ1v) is 10.4. The zero-order valence-electron chi connectivity index (χ0n) is 18.7. The average molecular weight is 474 g/mol. The van der Waals surface area contributed by atoms with Gasteiger partial charge in [-0.25, -0.2) is 9.07 Å². The first-order chi connectivity index (χ1) is 16.8. The van der Waals surface area contributed by atoms with E-state index in [9.17, 15) is 24.1 Å². The Kier molecular flexibility index (Phi) is 6.36. The molecule has 10 heteroatoms. The lowest BCUT2D eigenvalue weighted by Gasteiger charge is -2.18. The van der Waals surface area contributed by atoms with Crippen molar-refractivity contribution in [3.8, 4) is 22.6 Å². The number of carbonyl (C=O) groups excluding carboxylic acids is 1. The lowest BCUT2D eigenvalue weighted by Crippen LogP contribution is -2.25. The molecule has 3 aromatic carbocycles. The molecule has 0 radical (unpaired) electrons. The number of halogens is 1. The van der Waals surface area contributed by atoms with Gasteiger partial charge >= 0.3 is 0 Å². The minimum absolute atomic E-state index is 0.00877. The van der Waals surface area contributed by atoms with Gasteiger partial charge in [0.15, 0.2) is 0 Å². The number of non-ortho nitro benzene ring substituents is 1. The number of nitro groups is 1. The largest absolute Gasteiger partial charge is 0.497 e. The minimum Gasteiger partial charge on any atom is -0.497 e. The molecule has 0 aliphatic heterocycles. The summed E-state index contributed by atoms with van der Waals surface area (Å²) in [5.41, 5.74) is 0.405. The second-order valence-electron chi connectivity index (χ2n) is 7.52. The number of rotatable bonds is 6. The highest BCUT2D eigenvalue weighted by molar-refractivity contribution is 6.06. The van der Waals surface area contributed by atoms with Gasteiger partial charge in [0.2, 0.25) is 5.43 Å². The number of nitrogens with one attached hydrogen (secondary N) is 1. The monoisotopic (exact) mass is 474 g/mol. The summed E-state index contributed by atoms with van der Waals surface area (Å²) < 4.78 is 20.2. The van der Waals surface area contributed by atoms with E-state index in [2.05, 4.69) is 10.4 Å². The Morgan fingerprint density at radius 1 is 1.09 bits per heavy atom. The van der Waals surface area contributed by atoms with Crippen molar-refractivity contribution in [1.29, 1.82) is 0 Å². The number of benzene rings is 3. The molecule has 0 saturated carbocycles. The van der Waals surface area contributed by atoms with Gasteiger partial charge < -0.3 is 10.1 Å². The van der Waals surface area contributed by atoms with Crippen molar-refractivity contribution in [3.63, 3.8) is 0 Å². The van der Waals surface area contributed by atoms with Crippen LogP contribution in [0, 0.1) is 22.9 Å². The molecule has 1 amide bonds. The van der Waals surface area contributed by atoms with Crippen LogP contribution in [0.2, 0.25) is 0 Å². The van der Waals surface area contributed by atoms with Gasteiger partial charge in [0, 0.05) is 17.7 Å². The number of aryl methyl sites for hydroxylation is 1. The van der Waals surface area contributed by atoms with Crippen LogP contribution >= 0.6 is 0 Å². The number of methoxy groups -OCH3 is 1. The number of hydrogen-bond donors (Lipinski definition) is 1. The van der Waals surface area contributed by atoms with Crippen LogP contribution < -0.4 is 15.5 Å². The second kappa shape index (κ2) is 9.56. The van der Waals surface area contributed by atoms with Gasteiger partial charge in [0.25, 0.3) is 11.6 Å². The van der Waals surface area contributed by atoms with E-state index in [0.29, 0.717) is 17.0 Å². The van der Waals surface area contributed by atoms with Crippen molar-refractivity contribution < 1.29 is 18.8 Å². The standard InChI is InChI=1S/C25H19FN4O5/c1-15-23(31)22(16-5-4-8-21(14-16)35-2)24(29(28-15)19-11-9-18(26)10-12-19)27-25(32)17-6-3-7-20(13-17)30(33)34/h3-14H,1-2H3,(H,27,32). The molecule has 0 aliphatic carbocycles. The number of nitro benzene ring substituents is 1. The van der Waals surface area contributed by atoms with E-state index < -0.39 is 22.1 Å². The molecule has 0 atom stereocenters. The number of carbonyl (C=O) groups is 1. The molecule has 1 N–H and O–H groups in total. The Balaban J connectivity index is 1.95. The van der Waals surface area contributed by atoms with Gasteiger partial charge in [-0.15, -0.1) is 0 Å². The maximum atomic E-state index is 13.6. The van der Waals surface area contributed by atoms with Crippen LogP contribution in [0.3, 0.4) is 0 Å². The Bertz CT molecular complexity index is 1500.